The van der Waals surface area contributed by atoms with Gasteiger partial charge in [-0.2, -0.15) is 0 Å². The van der Waals surface area contributed by atoms with Crippen LogP contribution in [-0.4, -0.2) is 17.0 Å². The molecule has 0 fully saturated rings. The lowest BCUT2D eigenvalue weighted by atomic mass is 10.1. The first kappa shape index (κ1) is 18.1. The zero-order chi connectivity index (χ0) is 18.5. The third-order valence-corrected chi connectivity index (χ3v) is 4.63. The molecule has 0 aliphatic heterocycles. The van der Waals surface area contributed by atoms with E-state index in [2.05, 4.69) is 41.5 Å². The molecular formula is C21H22N2O2S. The van der Waals surface area contributed by atoms with Crippen LogP contribution in [0.25, 0.3) is 11.3 Å². The zero-order valence-corrected chi connectivity index (χ0v) is 16.0. The van der Waals surface area contributed by atoms with Gasteiger partial charge in [0.25, 0.3) is 5.91 Å². The van der Waals surface area contributed by atoms with Crippen LogP contribution in [0.5, 0.6) is 5.75 Å². The van der Waals surface area contributed by atoms with E-state index in [0.717, 1.165) is 23.4 Å². The van der Waals surface area contributed by atoms with Crippen LogP contribution in [0.15, 0.2) is 53.9 Å². The second-order valence-corrected chi connectivity index (χ2v) is 7.09. The van der Waals surface area contributed by atoms with Gasteiger partial charge in [0, 0.05) is 16.5 Å². The average molecular weight is 366 g/mol. The third kappa shape index (κ3) is 4.49. The van der Waals surface area contributed by atoms with Crippen molar-refractivity contribution in [2.75, 3.05) is 5.32 Å². The molecule has 1 amide bonds. The Hall–Kier alpha value is -2.66. The van der Waals surface area contributed by atoms with Gasteiger partial charge in [-0.05, 0) is 50.1 Å². The Morgan fingerprint density at radius 2 is 1.81 bits per heavy atom. The van der Waals surface area contributed by atoms with Crippen LogP contribution in [0.1, 0.15) is 36.7 Å². The van der Waals surface area contributed by atoms with Crippen LogP contribution in [0.2, 0.25) is 0 Å². The van der Waals surface area contributed by atoms with Crippen molar-refractivity contribution in [2.24, 2.45) is 0 Å². The number of anilines is 1. The topological polar surface area (TPSA) is 51.2 Å². The summed E-state index contributed by atoms with van der Waals surface area (Å²) in [6.07, 6.45) is 1.12. The Balaban J connectivity index is 1.67. The molecule has 0 aliphatic rings. The molecule has 4 nitrogen and oxygen atoms in total. The highest BCUT2D eigenvalue weighted by Crippen LogP contribution is 2.26. The SMILES string of the molecule is CCc1ccc(-c2csc(NC(=O)c3ccc(OC(C)C)cc3)n2)cc1. The molecule has 1 heterocycles. The fourth-order valence-electron chi connectivity index (χ4n) is 2.50. The number of thiazole rings is 1. The van der Waals surface area contributed by atoms with E-state index in [1.807, 2.05) is 19.2 Å². The number of carbonyl (C=O) groups is 1. The molecule has 0 bridgehead atoms. The minimum atomic E-state index is -0.177. The van der Waals surface area contributed by atoms with Gasteiger partial charge in [0.05, 0.1) is 11.8 Å². The predicted octanol–water partition coefficient (Wildman–Crippen LogP) is 5.41. The molecule has 0 radical (unpaired) electrons. The number of carbonyl (C=O) groups excluding carboxylic acids is 1. The second kappa shape index (κ2) is 8.15. The lowest BCUT2D eigenvalue weighted by molar-refractivity contribution is 0.102. The highest BCUT2D eigenvalue weighted by molar-refractivity contribution is 7.14. The Bertz CT molecular complexity index is 868. The van der Waals surface area contributed by atoms with E-state index in [-0.39, 0.29) is 12.0 Å². The summed E-state index contributed by atoms with van der Waals surface area (Å²) < 4.78 is 5.59. The van der Waals surface area contributed by atoms with E-state index in [1.165, 1.54) is 16.9 Å². The summed E-state index contributed by atoms with van der Waals surface area (Å²) in [5, 5.41) is 5.40. The van der Waals surface area contributed by atoms with E-state index >= 15 is 0 Å². The summed E-state index contributed by atoms with van der Waals surface area (Å²) >= 11 is 1.42. The molecule has 3 aromatic rings. The number of nitrogens with zero attached hydrogens (tertiary/aromatic N) is 1. The van der Waals surface area contributed by atoms with Gasteiger partial charge in [0.15, 0.2) is 5.13 Å². The Kier molecular flexibility index (Phi) is 5.68. The van der Waals surface area contributed by atoms with Crippen molar-refractivity contribution in [3.05, 3.63) is 65.0 Å². The van der Waals surface area contributed by atoms with Gasteiger partial charge in [-0.3, -0.25) is 10.1 Å². The van der Waals surface area contributed by atoms with Crippen molar-refractivity contribution < 1.29 is 9.53 Å². The normalized spacial score (nSPS) is 10.8. The molecule has 2 aromatic carbocycles. The fraction of sp³-hybridized carbons (Fsp3) is 0.238. The van der Waals surface area contributed by atoms with Gasteiger partial charge in [-0.15, -0.1) is 11.3 Å². The minimum Gasteiger partial charge on any atom is -0.491 e. The molecule has 0 spiro atoms. The number of aryl methyl sites for hydroxylation is 1. The second-order valence-electron chi connectivity index (χ2n) is 6.23. The molecule has 3 rings (SSSR count). The summed E-state index contributed by atoms with van der Waals surface area (Å²) in [5.41, 5.74) is 3.79. The minimum absolute atomic E-state index is 0.106. The highest BCUT2D eigenvalue weighted by atomic mass is 32.1. The van der Waals surface area contributed by atoms with Gasteiger partial charge in [0.1, 0.15) is 5.75 Å². The van der Waals surface area contributed by atoms with Crippen LogP contribution in [-0.2, 0) is 6.42 Å². The number of amides is 1. The van der Waals surface area contributed by atoms with Gasteiger partial charge in [-0.25, -0.2) is 4.98 Å². The molecule has 26 heavy (non-hydrogen) atoms. The summed E-state index contributed by atoms with van der Waals surface area (Å²) in [5.74, 6) is 0.576. The lowest BCUT2D eigenvalue weighted by Crippen LogP contribution is -2.12. The van der Waals surface area contributed by atoms with E-state index in [9.17, 15) is 4.79 Å². The van der Waals surface area contributed by atoms with Crippen LogP contribution in [0, 0.1) is 0 Å². The quantitative estimate of drug-likeness (QED) is 0.634. The maximum absolute atomic E-state index is 12.4. The first-order chi connectivity index (χ1) is 12.5. The first-order valence-corrected chi connectivity index (χ1v) is 9.56. The average Bonchev–Trinajstić information content (AvgIpc) is 3.10. The van der Waals surface area contributed by atoms with Crippen LogP contribution in [0.4, 0.5) is 5.13 Å². The number of hydrogen-bond acceptors (Lipinski definition) is 4. The molecule has 1 aromatic heterocycles. The van der Waals surface area contributed by atoms with Crippen molar-refractivity contribution in [1.82, 2.24) is 4.98 Å². The van der Waals surface area contributed by atoms with Crippen LogP contribution < -0.4 is 10.1 Å². The molecule has 0 saturated carbocycles. The van der Waals surface area contributed by atoms with E-state index in [4.69, 9.17) is 4.74 Å². The molecule has 134 valence electrons. The fourth-order valence-corrected chi connectivity index (χ4v) is 3.22. The van der Waals surface area contributed by atoms with Gasteiger partial charge in [-0.1, -0.05) is 31.2 Å². The van der Waals surface area contributed by atoms with Gasteiger partial charge < -0.3 is 4.74 Å². The molecule has 0 aliphatic carbocycles. The molecule has 0 atom stereocenters. The van der Waals surface area contributed by atoms with Crippen molar-refractivity contribution in [2.45, 2.75) is 33.3 Å². The first-order valence-electron chi connectivity index (χ1n) is 8.68. The zero-order valence-electron chi connectivity index (χ0n) is 15.2. The van der Waals surface area contributed by atoms with E-state index in [0.29, 0.717) is 10.7 Å². The smallest absolute Gasteiger partial charge is 0.257 e. The van der Waals surface area contributed by atoms with Crippen molar-refractivity contribution >= 4 is 22.4 Å². The summed E-state index contributed by atoms with van der Waals surface area (Å²) in [6, 6.07) is 15.5. The van der Waals surface area contributed by atoms with Crippen LogP contribution >= 0.6 is 11.3 Å². The monoisotopic (exact) mass is 366 g/mol. The Labute approximate surface area is 157 Å². The number of hydrogen-bond donors (Lipinski definition) is 1. The molecule has 5 heteroatoms. The van der Waals surface area contributed by atoms with Crippen molar-refractivity contribution in [3.63, 3.8) is 0 Å². The molecule has 0 unspecified atom stereocenters. The van der Waals surface area contributed by atoms with Gasteiger partial charge in [0.2, 0.25) is 0 Å². The largest absolute Gasteiger partial charge is 0.491 e. The van der Waals surface area contributed by atoms with Gasteiger partial charge >= 0.3 is 0 Å². The number of nitrogens with one attached hydrogen (secondary N) is 1. The number of rotatable bonds is 6. The Morgan fingerprint density at radius 1 is 1.12 bits per heavy atom. The van der Waals surface area contributed by atoms with Crippen molar-refractivity contribution in [3.8, 4) is 17.0 Å². The maximum atomic E-state index is 12.4. The standard InChI is InChI=1S/C21H22N2O2S/c1-4-15-5-7-16(8-6-15)19-13-26-21(22-19)23-20(24)17-9-11-18(12-10-17)25-14(2)3/h5-14H,4H2,1-3H3,(H,22,23,24). The summed E-state index contributed by atoms with van der Waals surface area (Å²) in [6.45, 7) is 6.07. The van der Waals surface area contributed by atoms with E-state index in [1.54, 1.807) is 24.3 Å². The molecule has 0 saturated heterocycles. The molecular weight excluding hydrogens is 344 g/mol. The maximum Gasteiger partial charge on any atom is 0.257 e. The summed E-state index contributed by atoms with van der Waals surface area (Å²) in [7, 11) is 0. The lowest BCUT2D eigenvalue weighted by Gasteiger charge is -2.09. The van der Waals surface area contributed by atoms with Crippen molar-refractivity contribution in [1.29, 1.82) is 0 Å². The Morgan fingerprint density at radius 3 is 2.42 bits per heavy atom. The third-order valence-electron chi connectivity index (χ3n) is 3.87. The number of benzene rings is 2. The summed E-state index contributed by atoms with van der Waals surface area (Å²) in [4.78, 5) is 16.9. The predicted molar refractivity (Wildman–Crippen MR) is 107 cm³/mol. The van der Waals surface area contributed by atoms with Crippen LogP contribution in [0.3, 0.4) is 0 Å². The number of aromatic nitrogens is 1. The molecule has 1 N–H and O–H groups in total. The van der Waals surface area contributed by atoms with E-state index < -0.39 is 0 Å². The highest BCUT2D eigenvalue weighted by Gasteiger charge is 2.10. The number of ether oxygens (including phenoxy) is 1.